The number of benzene rings is 1. The van der Waals surface area contributed by atoms with Gasteiger partial charge >= 0.3 is 0 Å². The van der Waals surface area contributed by atoms with E-state index in [1.807, 2.05) is 24.3 Å². The third-order valence-corrected chi connectivity index (χ3v) is 6.22. The summed E-state index contributed by atoms with van der Waals surface area (Å²) >= 11 is 1.23. The van der Waals surface area contributed by atoms with E-state index in [0.717, 1.165) is 12.8 Å². The summed E-state index contributed by atoms with van der Waals surface area (Å²) in [7, 11) is 1.57. The lowest BCUT2D eigenvalue weighted by Gasteiger charge is -2.13. The number of pyridine rings is 1. The fraction of sp³-hybridized carbons (Fsp3) is 0.250. The quantitative estimate of drug-likeness (QED) is 0.395. The number of anilines is 1. The van der Waals surface area contributed by atoms with Crippen molar-refractivity contribution in [3.05, 3.63) is 59.7 Å². The van der Waals surface area contributed by atoms with E-state index >= 15 is 0 Å². The van der Waals surface area contributed by atoms with Crippen LogP contribution in [0.1, 0.15) is 48.4 Å². The molecule has 0 radical (unpaired) electrons. The fourth-order valence-corrected chi connectivity index (χ4v) is 4.21. The number of thiazole rings is 1. The molecule has 5 rings (SSSR count). The van der Waals surface area contributed by atoms with Crippen molar-refractivity contribution in [2.75, 3.05) is 12.4 Å². The lowest BCUT2D eigenvalue weighted by molar-refractivity contribution is 0.102. The Hall–Kier alpha value is -4.31. The van der Waals surface area contributed by atoms with E-state index in [-0.39, 0.29) is 0 Å². The number of carbonyl (C=O) groups excluding carboxylic acids is 1. The molecule has 0 unspecified atom stereocenters. The lowest BCUT2D eigenvalue weighted by atomic mass is 9.99. The molecule has 1 aromatic carbocycles. The highest BCUT2D eigenvalue weighted by atomic mass is 32.1. The van der Waals surface area contributed by atoms with E-state index in [1.165, 1.54) is 17.5 Å². The molecule has 2 N–H and O–H groups in total. The minimum absolute atomic E-state index is 0.314. The van der Waals surface area contributed by atoms with Gasteiger partial charge in [0.1, 0.15) is 22.7 Å². The summed E-state index contributed by atoms with van der Waals surface area (Å²) in [5.74, 6) is 12.5. The van der Waals surface area contributed by atoms with Gasteiger partial charge in [0, 0.05) is 23.2 Å². The maximum atomic E-state index is 13.4. The molecule has 1 saturated carbocycles. The second kappa shape index (κ2) is 9.98. The Morgan fingerprint density at radius 2 is 1.92 bits per heavy atom. The molecule has 0 saturated heterocycles. The number of hydrogen-bond acceptors (Lipinski definition) is 8. The number of amides is 1. The van der Waals surface area contributed by atoms with Gasteiger partial charge in [0.25, 0.3) is 5.91 Å². The average Bonchev–Trinajstić information content (AvgIpc) is 3.63. The highest BCUT2D eigenvalue weighted by Gasteiger charge is 2.20. The largest absolute Gasteiger partial charge is 0.496 e. The standard InChI is InChI=1S/C28H23N5O3S/c1-28(2,35)13-12-18-14-21(20-6-4-5-7-23(20)36-3)22(16-29-18)25(34)33-27-32-24-26(37-27)31-19(15-30-24)11-10-17-8-9-17/h4-7,14-17,35H,8-9H2,1-3H3,(H,30,32,33,34). The Bertz CT molecular complexity index is 1630. The number of para-hydroxylation sites is 1. The molecule has 0 spiro atoms. The van der Waals surface area contributed by atoms with Crippen LogP contribution in [0.4, 0.5) is 5.13 Å². The second-order valence-corrected chi connectivity index (χ2v) is 10.0. The molecule has 0 bridgehead atoms. The maximum Gasteiger partial charge on any atom is 0.259 e. The first-order chi connectivity index (χ1) is 17.8. The minimum Gasteiger partial charge on any atom is -0.496 e. The van der Waals surface area contributed by atoms with E-state index < -0.39 is 11.5 Å². The summed E-state index contributed by atoms with van der Waals surface area (Å²) in [6.45, 7) is 3.18. The number of nitrogens with zero attached hydrogens (tertiary/aromatic N) is 4. The Morgan fingerprint density at radius 1 is 1.11 bits per heavy atom. The van der Waals surface area contributed by atoms with Crippen molar-refractivity contribution in [1.82, 2.24) is 19.9 Å². The first kappa shape index (κ1) is 24.4. The van der Waals surface area contributed by atoms with E-state index in [9.17, 15) is 9.90 Å². The Kier molecular flexibility index (Phi) is 6.58. The predicted octanol–water partition coefficient (Wildman–Crippen LogP) is 4.29. The zero-order chi connectivity index (χ0) is 26.0. The van der Waals surface area contributed by atoms with Crippen LogP contribution >= 0.6 is 11.3 Å². The van der Waals surface area contributed by atoms with Gasteiger partial charge < -0.3 is 9.84 Å². The number of nitrogens with one attached hydrogen (secondary N) is 1. The summed E-state index contributed by atoms with van der Waals surface area (Å²) < 4.78 is 5.53. The first-order valence-corrected chi connectivity index (χ1v) is 12.5. The van der Waals surface area contributed by atoms with E-state index in [0.29, 0.717) is 55.4 Å². The van der Waals surface area contributed by atoms with Crippen molar-refractivity contribution < 1.29 is 14.6 Å². The number of methoxy groups -OCH3 is 1. The van der Waals surface area contributed by atoms with Crippen LogP contribution in [-0.4, -0.2) is 43.7 Å². The molecule has 37 heavy (non-hydrogen) atoms. The van der Waals surface area contributed by atoms with Gasteiger partial charge in [-0.15, -0.1) is 0 Å². The van der Waals surface area contributed by atoms with E-state index in [4.69, 9.17) is 4.74 Å². The van der Waals surface area contributed by atoms with Crippen LogP contribution in [0, 0.1) is 29.6 Å². The number of carbonyl (C=O) groups is 1. The van der Waals surface area contributed by atoms with Crippen LogP contribution in [0.3, 0.4) is 0 Å². The number of aliphatic hydroxyl groups is 1. The van der Waals surface area contributed by atoms with Gasteiger partial charge in [-0.1, -0.05) is 41.4 Å². The Labute approximate surface area is 218 Å². The molecule has 3 aromatic heterocycles. The zero-order valence-corrected chi connectivity index (χ0v) is 21.3. The molecule has 1 amide bonds. The molecule has 0 atom stereocenters. The van der Waals surface area contributed by atoms with Crippen LogP contribution < -0.4 is 10.1 Å². The molecule has 1 fully saturated rings. The Morgan fingerprint density at radius 3 is 2.68 bits per heavy atom. The monoisotopic (exact) mass is 509 g/mol. The van der Waals surface area contributed by atoms with Crippen LogP contribution in [-0.2, 0) is 0 Å². The number of rotatable bonds is 4. The van der Waals surface area contributed by atoms with Crippen LogP contribution in [0.2, 0.25) is 0 Å². The highest BCUT2D eigenvalue weighted by molar-refractivity contribution is 7.21. The minimum atomic E-state index is -1.18. The molecule has 0 aliphatic heterocycles. The van der Waals surface area contributed by atoms with Gasteiger partial charge in [0.05, 0.1) is 18.9 Å². The Balaban J connectivity index is 1.48. The predicted molar refractivity (Wildman–Crippen MR) is 142 cm³/mol. The van der Waals surface area contributed by atoms with Crippen molar-refractivity contribution >= 4 is 32.9 Å². The van der Waals surface area contributed by atoms with Gasteiger partial charge in [-0.3, -0.25) is 10.1 Å². The van der Waals surface area contributed by atoms with Crippen LogP contribution in [0.5, 0.6) is 5.75 Å². The van der Waals surface area contributed by atoms with Crippen LogP contribution in [0.15, 0.2) is 42.7 Å². The number of aromatic nitrogens is 4. The second-order valence-electron chi connectivity index (χ2n) is 9.03. The average molecular weight is 510 g/mol. The van der Waals surface area contributed by atoms with Crippen molar-refractivity contribution in [3.63, 3.8) is 0 Å². The SMILES string of the molecule is COc1ccccc1-c1cc(C#CC(C)(C)O)ncc1C(=O)Nc1nc2ncc(C#CC3CC3)nc2s1. The molecule has 9 heteroatoms. The summed E-state index contributed by atoms with van der Waals surface area (Å²) in [5.41, 5.74) is 1.86. The topological polar surface area (TPSA) is 110 Å². The third-order valence-electron chi connectivity index (χ3n) is 5.37. The molecule has 3 heterocycles. The molecule has 4 aromatic rings. The van der Waals surface area contributed by atoms with Gasteiger partial charge in [-0.2, -0.15) is 4.98 Å². The molecule has 1 aliphatic rings. The summed E-state index contributed by atoms with van der Waals surface area (Å²) in [4.78, 5) is 31.6. The van der Waals surface area contributed by atoms with E-state index in [1.54, 1.807) is 33.2 Å². The van der Waals surface area contributed by atoms with Gasteiger partial charge in [-0.25, -0.2) is 15.0 Å². The number of hydrogen-bond donors (Lipinski definition) is 2. The van der Waals surface area contributed by atoms with Crippen molar-refractivity contribution in [1.29, 1.82) is 0 Å². The van der Waals surface area contributed by atoms with Gasteiger partial charge in [0.2, 0.25) is 0 Å². The molecule has 8 nitrogen and oxygen atoms in total. The first-order valence-electron chi connectivity index (χ1n) is 11.6. The third kappa shape index (κ3) is 5.92. The number of fused-ring (bicyclic) bond motifs is 1. The van der Waals surface area contributed by atoms with Crippen molar-refractivity contribution in [3.8, 4) is 40.6 Å². The smallest absolute Gasteiger partial charge is 0.259 e. The summed E-state index contributed by atoms with van der Waals surface area (Å²) in [5, 5.41) is 13.2. The normalized spacial score (nSPS) is 12.8. The van der Waals surface area contributed by atoms with Gasteiger partial charge in [0.15, 0.2) is 15.6 Å². The number of ether oxygens (including phenoxy) is 1. The van der Waals surface area contributed by atoms with Gasteiger partial charge in [-0.05, 0) is 50.7 Å². The molecular formula is C28H23N5O3S. The van der Waals surface area contributed by atoms with Crippen LogP contribution in [0.25, 0.3) is 21.6 Å². The maximum absolute atomic E-state index is 13.4. The molecule has 184 valence electrons. The van der Waals surface area contributed by atoms with E-state index in [2.05, 4.69) is 48.9 Å². The van der Waals surface area contributed by atoms with Crippen molar-refractivity contribution in [2.45, 2.75) is 32.3 Å². The highest BCUT2D eigenvalue weighted by Crippen LogP contribution is 2.33. The molecule has 1 aliphatic carbocycles. The zero-order valence-electron chi connectivity index (χ0n) is 20.5. The van der Waals surface area contributed by atoms with Crippen molar-refractivity contribution in [2.24, 2.45) is 5.92 Å². The molecular weight excluding hydrogens is 486 g/mol. The summed E-state index contributed by atoms with van der Waals surface area (Å²) in [6.07, 6.45) is 5.33. The lowest BCUT2D eigenvalue weighted by Crippen LogP contribution is -2.15. The fourth-order valence-electron chi connectivity index (χ4n) is 3.41. The summed E-state index contributed by atoms with van der Waals surface area (Å²) in [6, 6.07) is 9.08.